The lowest BCUT2D eigenvalue weighted by atomic mass is 10.1. The molecule has 33 heavy (non-hydrogen) atoms. The molecule has 4 rings (SSSR count). The average molecular weight is 464 g/mol. The summed E-state index contributed by atoms with van der Waals surface area (Å²) in [6.07, 6.45) is 3.30. The first-order chi connectivity index (χ1) is 15.9. The third-order valence-electron chi connectivity index (χ3n) is 5.08. The van der Waals surface area contributed by atoms with E-state index in [1.807, 2.05) is 35.7 Å². The Hall–Kier alpha value is -3.82. The number of likely N-dealkylation sites (N-methyl/N-ethyl adjacent to an activating group) is 1. The fraction of sp³-hybridized carbons (Fsp3) is 0.174. The van der Waals surface area contributed by atoms with Gasteiger partial charge in [0.05, 0.1) is 22.5 Å². The van der Waals surface area contributed by atoms with E-state index in [-0.39, 0.29) is 17.4 Å². The van der Waals surface area contributed by atoms with Crippen LogP contribution in [0.4, 0.5) is 11.6 Å². The molecular formula is C23H22ClN7O2. The number of hydrogen-bond acceptors (Lipinski definition) is 6. The highest BCUT2D eigenvalue weighted by Crippen LogP contribution is 2.29. The number of carbonyl (C=O) groups excluding carboxylic acids is 2. The topological polar surface area (TPSA) is 113 Å². The fourth-order valence-corrected chi connectivity index (χ4v) is 3.42. The SMILES string of the molecule is CNC(C)C(=O)Nc1cc(-c2c(C)nc3ccccn23)cc(NC(=O)c2ccc(Cl)cn2)n1. The molecule has 3 N–H and O–H groups in total. The molecule has 9 nitrogen and oxygen atoms in total. The molecule has 0 radical (unpaired) electrons. The van der Waals surface area contributed by atoms with E-state index in [0.29, 0.717) is 10.8 Å². The van der Waals surface area contributed by atoms with Gasteiger partial charge in [-0.05, 0) is 57.3 Å². The number of halogens is 1. The summed E-state index contributed by atoms with van der Waals surface area (Å²) < 4.78 is 1.94. The second-order valence-electron chi connectivity index (χ2n) is 7.42. The molecule has 0 aliphatic rings. The van der Waals surface area contributed by atoms with Crippen molar-refractivity contribution in [3.63, 3.8) is 0 Å². The zero-order valence-corrected chi connectivity index (χ0v) is 19.0. The molecule has 0 aromatic carbocycles. The van der Waals surface area contributed by atoms with Crippen molar-refractivity contribution in [3.05, 3.63) is 71.3 Å². The first-order valence-electron chi connectivity index (χ1n) is 10.2. The lowest BCUT2D eigenvalue weighted by Crippen LogP contribution is -2.35. The van der Waals surface area contributed by atoms with Gasteiger partial charge in [0.15, 0.2) is 0 Å². The van der Waals surface area contributed by atoms with E-state index >= 15 is 0 Å². The van der Waals surface area contributed by atoms with Gasteiger partial charge in [0, 0.05) is 18.0 Å². The third-order valence-corrected chi connectivity index (χ3v) is 5.31. The highest BCUT2D eigenvalue weighted by Gasteiger charge is 2.17. The van der Waals surface area contributed by atoms with Crippen LogP contribution in [-0.2, 0) is 4.79 Å². The van der Waals surface area contributed by atoms with Gasteiger partial charge in [-0.3, -0.25) is 14.0 Å². The zero-order chi connectivity index (χ0) is 23.5. The summed E-state index contributed by atoms with van der Waals surface area (Å²) in [5.41, 5.74) is 3.32. The Balaban J connectivity index is 1.76. The number of amides is 2. The summed E-state index contributed by atoms with van der Waals surface area (Å²) in [6, 6.07) is 11.9. The molecule has 0 aliphatic heterocycles. The second-order valence-corrected chi connectivity index (χ2v) is 7.85. The number of imidazole rings is 1. The number of rotatable bonds is 6. The molecule has 4 aromatic rings. The van der Waals surface area contributed by atoms with Crippen LogP contribution in [0, 0.1) is 6.92 Å². The van der Waals surface area contributed by atoms with Gasteiger partial charge in [0.25, 0.3) is 5.91 Å². The number of aryl methyl sites for hydroxylation is 1. The normalized spacial score (nSPS) is 11.9. The van der Waals surface area contributed by atoms with E-state index in [2.05, 4.69) is 30.9 Å². The lowest BCUT2D eigenvalue weighted by molar-refractivity contribution is -0.117. The zero-order valence-electron chi connectivity index (χ0n) is 18.3. The van der Waals surface area contributed by atoms with Gasteiger partial charge in [-0.2, -0.15) is 0 Å². The molecule has 0 spiro atoms. The third kappa shape index (κ3) is 4.84. The minimum absolute atomic E-state index is 0.187. The Bertz CT molecular complexity index is 1330. The average Bonchev–Trinajstić information content (AvgIpc) is 3.14. The van der Waals surface area contributed by atoms with Crippen molar-refractivity contribution in [3.8, 4) is 11.3 Å². The Morgan fingerprint density at radius 1 is 1.06 bits per heavy atom. The molecule has 1 unspecified atom stereocenters. The van der Waals surface area contributed by atoms with Gasteiger partial charge in [0.2, 0.25) is 5.91 Å². The monoisotopic (exact) mass is 463 g/mol. The Morgan fingerprint density at radius 3 is 2.52 bits per heavy atom. The van der Waals surface area contributed by atoms with E-state index in [9.17, 15) is 9.59 Å². The molecule has 1 atom stereocenters. The molecule has 0 saturated carbocycles. The second kappa shape index (κ2) is 9.35. The largest absolute Gasteiger partial charge is 0.309 e. The number of anilines is 2. The predicted molar refractivity (Wildman–Crippen MR) is 128 cm³/mol. The van der Waals surface area contributed by atoms with Gasteiger partial charge < -0.3 is 16.0 Å². The number of hydrogen-bond donors (Lipinski definition) is 3. The minimum Gasteiger partial charge on any atom is -0.309 e. The first-order valence-corrected chi connectivity index (χ1v) is 10.6. The van der Waals surface area contributed by atoms with Crippen molar-refractivity contribution < 1.29 is 9.59 Å². The smallest absolute Gasteiger partial charge is 0.275 e. The summed E-state index contributed by atoms with van der Waals surface area (Å²) in [6.45, 7) is 3.64. The molecule has 4 aromatic heterocycles. The Labute approximate surface area is 195 Å². The highest BCUT2D eigenvalue weighted by molar-refractivity contribution is 6.30. The van der Waals surface area contributed by atoms with Gasteiger partial charge in [-0.25, -0.2) is 15.0 Å². The molecule has 2 amide bonds. The lowest BCUT2D eigenvalue weighted by Gasteiger charge is -2.14. The molecule has 0 aliphatic carbocycles. The van der Waals surface area contributed by atoms with Crippen LogP contribution < -0.4 is 16.0 Å². The first kappa shape index (κ1) is 22.4. The minimum atomic E-state index is -0.452. The van der Waals surface area contributed by atoms with Gasteiger partial charge in [0.1, 0.15) is 23.0 Å². The van der Waals surface area contributed by atoms with Crippen LogP contribution in [0.5, 0.6) is 0 Å². The number of carbonyl (C=O) groups is 2. The van der Waals surface area contributed by atoms with Crippen molar-refractivity contribution in [2.24, 2.45) is 0 Å². The number of nitrogens with zero attached hydrogens (tertiary/aromatic N) is 4. The van der Waals surface area contributed by atoms with Crippen molar-refractivity contribution in [2.45, 2.75) is 19.9 Å². The van der Waals surface area contributed by atoms with E-state index in [0.717, 1.165) is 22.6 Å². The van der Waals surface area contributed by atoms with Gasteiger partial charge >= 0.3 is 0 Å². The maximum Gasteiger partial charge on any atom is 0.275 e. The van der Waals surface area contributed by atoms with Crippen LogP contribution in [-0.4, -0.2) is 44.3 Å². The van der Waals surface area contributed by atoms with E-state index in [4.69, 9.17) is 11.6 Å². The van der Waals surface area contributed by atoms with Gasteiger partial charge in [-0.1, -0.05) is 17.7 Å². The van der Waals surface area contributed by atoms with E-state index < -0.39 is 11.9 Å². The number of pyridine rings is 3. The molecule has 0 saturated heterocycles. The van der Waals surface area contributed by atoms with Crippen LogP contribution in [0.15, 0.2) is 54.9 Å². The Morgan fingerprint density at radius 2 is 1.82 bits per heavy atom. The van der Waals surface area contributed by atoms with Gasteiger partial charge in [-0.15, -0.1) is 0 Å². The van der Waals surface area contributed by atoms with E-state index in [1.54, 1.807) is 32.2 Å². The van der Waals surface area contributed by atoms with Crippen LogP contribution in [0.2, 0.25) is 5.02 Å². The van der Waals surface area contributed by atoms with Crippen molar-refractivity contribution in [1.82, 2.24) is 24.7 Å². The quantitative estimate of drug-likeness (QED) is 0.403. The maximum atomic E-state index is 12.7. The molecular weight excluding hydrogens is 442 g/mol. The van der Waals surface area contributed by atoms with Crippen LogP contribution in [0.1, 0.15) is 23.1 Å². The Kier molecular flexibility index (Phi) is 6.34. The van der Waals surface area contributed by atoms with E-state index in [1.165, 1.54) is 12.3 Å². The number of aromatic nitrogens is 4. The van der Waals surface area contributed by atoms with Crippen LogP contribution >= 0.6 is 11.6 Å². The summed E-state index contributed by atoms with van der Waals surface area (Å²) in [5.74, 6) is -0.156. The van der Waals surface area contributed by atoms with Crippen molar-refractivity contribution >= 4 is 40.7 Å². The number of fused-ring (bicyclic) bond motifs is 1. The van der Waals surface area contributed by atoms with Crippen LogP contribution in [0.3, 0.4) is 0 Å². The van der Waals surface area contributed by atoms with Crippen LogP contribution in [0.25, 0.3) is 16.9 Å². The molecule has 168 valence electrons. The van der Waals surface area contributed by atoms with Crippen molar-refractivity contribution in [2.75, 3.05) is 17.7 Å². The summed E-state index contributed by atoms with van der Waals surface area (Å²) >= 11 is 5.86. The highest BCUT2D eigenvalue weighted by atomic mass is 35.5. The number of nitrogens with one attached hydrogen (secondary N) is 3. The molecule has 0 bridgehead atoms. The summed E-state index contributed by atoms with van der Waals surface area (Å²) in [7, 11) is 1.70. The molecule has 4 heterocycles. The predicted octanol–water partition coefficient (Wildman–Crippen LogP) is 3.55. The molecule has 10 heteroatoms. The molecule has 0 fully saturated rings. The standard InChI is InChI=1S/C23H22ClN7O2/c1-13-21(31-9-5-4-6-20(31)27-13)15-10-18(29-22(32)14(2)25-3)28-19(11-15)30-23(33)17-8-7-16(24)12-26-17/h4-12,14,25H,1-3H3,(H2,28,29,30,32,33). The van der Waals surface area contributed by atoms with Crippen molar-refractivity contribution in [1.29, 1.82) is 0 Å². The maximum absolute atomic E-state index is 12.7. The summed E-state index contributed by atoms with van der Waals surface area (Å²) in [5, 5.41) is 8.87. The fourth-order valence-electron chi connectivity index (χ4n) is 3.31. The summed E-state index contributed by atoms with van der Waals surface area (Å²) in [4.78, 5) is 38.2.